The maximum absolute atomic E-state index is 12.2. The van der Waals surface area contributed by atoms with Gasteiger partial charge in [-0.3, -0.25) is 10.6 Å². The Bertz CT molecular complexity index is 607. The molecule has 0 saturated heterocycles. The first kappa shape index (κ1) is 14.6. The molecular weight excluding hydrogens is 270 g/mol. The second-order valence-corrected chi connectivity index (χ2v) is 5.58. The highest BCUT2D eigenvalue weighted by Crippen LogP contribution is 2.18. The fourth-order valence-corrected chi connectivity index (χ4v) is 3.02. The summed E-state index contributed by atoms with van der Waals surface area (Å²) in [6, 6.07) is 7.55. The van der Waals surface area contributed by atoms with E-state index in [1.165, 1.54) is 10.4 Å². The van der Waals surface area contributed by atoms with Gasteiger partial charge in [-0.1, -0.05) is 6.92 Å². The van der Waals surface area contributed by atoms with Crippen molar-refractivity contribution in [3.63, 3.8) is 0 Å². The molecule has 0 spiro atoms. The number of hydrogen-bond donors (Lipinski definition) is 3. The zero-order chi connectivity index (χ0) is 14.5. The second kappa shape index (κ2) is 6.54. The van der Waals surface area contributed by atoms with Crippen LogP contribution in [-0.2, 0) is 13.0 Å². The maximum atomic E-state index is 12.2. The molecule has 0 aliphatic heterocycles. The highest BCUT2D eigenvalue weighted by molar-refractivity contribution is 7.10. The number of hydrogen-bond acceptors (Lipinski definition) is 4. The molecule has 0 fully saturated rings. The molecule has 4 N–H and O–H groups in total. The van der Waals surface area contributed by atoms with Crippen molar-refractivity contribution in [3.8, 4) is 0 Å². The molecule has 0 aliphatic carbocycles. The number of thiophene rings is 1. The van der Waals surface area contributed by atoms with Crippen LogP contribution in [0.5, 0.6) is 0 Å². The number of nitrogen functional groups attached to an aromatic ring is 1. The van der Waals surface area contributed by atoms with E-state index in [0.717, 1.165) is 17.7 Å². The molecule has 106 valence electrons. The van der Waals surface area contributed by atoms with Crippen LogP contribution >= 0.6 is 11.3 Å². The third-order valence-electron chi connectivity index (χ3n) is 3.27. The predicted molar refractivity (Wildman–Crippen MR) is 83.9 cm³/mol. The van der Waals surface area contributed by atoms with Crippen molar-refractivity contribution < 1.29 is 4.79 Å². The third-order valence-corrected chi connectivity index (χ3v) is 4.23. The van der Waals surface area contributed by atoms with Crippen LogP contribution in [0.1, 0.15) is 33.3 Å². The Labute approximate surface area is 123 Å². The van der Waals surface area contributed by atoms with E-state index in [9.17, 15) is 4.79 Å². The van der Waals surface area contributed by atoms with Gasteiger partial charge in [0, 0.05) is 16.1 Å². The van der Waals surface area contributed by atoms with Gasteiger partial charge in [-0.15, -0.1) is 11.3 Å². The minimum Gasteiger partial charge on any atom is -0.347 e. The Morgan fingerprint density at radius 1 is 1.35 bits per heavy atom. The molecule has 5 heteroatoms. The van der Waals surface area contributed by atoms with Crippen LogP contribution in [0.4, 0.5) is 5.69 Å². The number of carbonyl (C=O) groups excluding carboxylic acids is 1. The summed E-state index contributed by atoms with van der Waals surface area (Å²) >= 11 is 1.68. The van der Waals surface area contributed by atoms with Gasteiger partial charge in [-0.2, -0.15) is 0 Å². The predicted octanol–water partition coefficient (Wildman–Crippen LogP) is 2.83. The lowest BCUT2D eigenvalue weighted by molar-refractivity contribution is 0.0950. The number of amides is 1. The summed E-state index contributed by atoms with van der Waals surface area (Å²) in [5.74, 6) is 5.30. The number of nitrogens with one attached hydrogen (secondary N) is 2. The first-order valence-corrected chi connectivity index (χ1v) is 7.44. The Hall–Kier alpha value is -1.85. The van der Waals surface area contributed by atoms with Crippen LogP contribution in [0.15, 0.2) is 29.6 Å². The van der Waals surface area contributed by atoms with E-state index >= 15 is 0 Å². The number of nitrogens with two attached hydrogens (primary N) is 1. The molecule has 0 bridgehead atoms. The normalized spacial score (nSPS) is 10.3. The van der Waals surface area contributed by atoms with Crippen LogP contribution in [0.25, 0.3) is 0 Å². The van der Waals surface area contributed by atoms with Crippen LogP contribution in [0, 0.1) is 6.92 Å². The maximum Gasteiger partial charge on any atom is 0.251 e. The van der Waals surface area contributed by atoms with E-state index in [2.05, 4.69) is 29.1 Å². The van der Waals surface area contributed by atoms with Crippen molar-refractivity contribution in [2.45, 2.75) is 26.8 Å². The fourth-order valence-electron chi connectivity index (χ4n) is 2.10. The smallest absolute Gasteiger partial charge is 0.251 e. The first-order chi connectivity index (χ1) is 9.65. The zero-order valence-corrected chi connectivity index (χ0v) is 12.5. The number of rotatable bonds is 5. The largest absolute Gasteiger partial charge is 0.347 e. The van der Waals surface area contributed by atoms with E-state index in [1.54, 1.807) is 23.5 Å². The van der Waals surface area contributed by atoms with Gasteiger partial charge in [-0.05, 0) is 54.1 Å². The molecule has 1 heterocycles. The number of anilines is 1. The lowest BCUT2D eigenvalue weighted by Crippen LogP contribution is -2.23. The molecule has 20 heavy (non-hydrogen) atoms. The van der Waals surface area contributed by atoms with E-state index in [4.69, 9.17) is 5.84 Å². The van der Waals surface area contributed by atoms with E-state index in [0.29, 0.717) is 12.1 Å². The van der Waals surface area contributed by atoms with E-state index < -0.39 is 0 Å². The van der Waals surface area contributed by atoms with Gasteiger partial charge in [-0.25, -0.2) is 0 Å². The molecule has 0 unspecified atom stereocenters. The SMILES string of the molecule is CCc1ccsc1CNC(=O)c1ccc(NN)cc1C. The van der Waals surface area contributed by atoms with Gasteiger partial charge < -0.3 is 10.7 Å². The monoisotopic (exact) mass is 289 g/mol. The van der Waals surface area contributed by atoms with Crippen molar-refractivity contribution in [1.29, 1.82) is 0 Å². The number of carbonyl (C=O) groups is 1. The summed E-state index contributed by atoms with van der Waals surface area (Å²) in [7, 11) is 0. The van der Waals surface area contributed by atoms with Crippen molar-refractivity contribution in [2.24, 2.45) is 5.84 Å². The standard InChI is InChI=1S/C15H19N3OS/c1-3-11-6-7-20-14(11)9-17-15(19)13-5-4-12(18-16)8-10(13)2/h4-8,18H,3,9,16H2,1-2H3,(H,17,19). The summed E-state index contributed by atoms with van der Waals surface area (Å²) in [5, 5.41) is 5.04. The Morgan fingerprint density at radius 2 is 2.15 bits per heavy atom. The minimum absolute atomic E-state index is 0.0541. The summed E-state index contributed by atoms with van der Waals surface area (Å²) < 4.78 is 0. The molecule has 0 atom stereocenters. The van der Waals surface area contributed by atoms with Crippen molar-refractivity contribution >= 4 is 22.9 Å². The average molecular weight is 289 g/mol. The Morgan fingerprint density at radius 3 is 2.80 bits per heavy atom. The average Bonchev–Trinajstić information content (AvgIpc) is 2.92. The third kappa shape index (κ3) is 3.18. The quantitative estimate of drug-likeness (QED) is 0.585. The van der Waals surface area contributed by atoms with Gasteiger partial charge in [0.15, 0.2) is 0 Å². The Balaban J connectivity index is 2.05. The van der Waals surface area contributed by atoms with Gasteiger partial charge in [0.2, 0.25) is 0 Å². The summed E-state index contributed by atoms with van der Waals surface area (Å²) in [6.07, 6.45) is 0.991. The van der Waals surface area contributed by atoms with E-state index in [-0.39, 0.29) is 5.91 Å². The molecule has 2 rings (SSSR count). The summed E-state index contributed by atoms with van der Waals surface area (Å²) in [5.41, 5.74) is 6.25. The van der Waals surface area contributed by atoms with Crippen molar-refractivity contribution in [3.05, 3.63) is 51.2 Å². The van der Waals surface area contributed by atoms with Crippen LogP contribution < -0.4 is 16.6 Å². The highest BCUT2D eigenvalue weighted by atomic mass is 32.1. The summed E-state index contributed by atoms with van der Waals surface area (Å²) in [6.45, 7) is 4.60. The fraction of sp³-hybridized carbons (Fsp3) is 0.267. The topological polar surface area (TPSA) is 67.2 Å². The van der Waals surface area contributed by atoms with Crippen LogP contribution in [0.3, 0.4) is 0 Å². The number of hydrazine groups is 1. The van der Waals surface area contributed by atoms with Crippen molar-refractivity contribution in [1.82, 2.24) is 5.32 Å². The lowest BCUT2D eigenvalue weighted by Gasteiger charge is -2.09. The molecule has 0 radical (unpaired) electrons. The van der Waals surface area contributed by atoms with Crippen LogP contribution in [0.2, 0.25) is 0 Å². The molecule has 1 aromatic heterocycles. The van der Waals surface area contributed by atoms with Gasteiger partial charge >= 0.3 is 0 Å². The number of aryl methyl sites for hydroxylation is 2. The van der Waals surface area contributed by atoms with Gasteiger partial charge in [0.05, 0.1) is 6.54 Å². The molecule has 2 aromatic rings. The molecule has 4 nitrogen and oxygen atoms in total. The second-order valence-electron chi connectivity index (χ2n) is 4.58. The highest BCUT2D eigenvalue weighted by Gasteiger charge is 2.10. The zero-order valence-electron chi connectivity index (χ0n) is 11.7. The van der Waals surface area contributed by atoms with Crippen LogP contribution in [-0.4, -0.2) is 5.91 Å². The lowest BCUT2D eigenvalue weighted by atomic mass is 10.1. The minimum atomic E-state index is -0.0541. The van der Waals surface area contributed by atoms with E-state index in [1.807, 2.05) is 13.0 Å². The number of benzene rings is 1. The molecule has 1 amide bonds. The molecule has 0 saturated carbocycles. The van der Waals surface area contributed by atoms with Gasteiger partial charge in [0.1, 0.15) is 0 Å². The molecule has 0 aliphatic rings. The molecular formula is C15H19N3OS. The summed E-state index contributed by atoms with van der Waals surface area (Å²) in [4.78, 5) is 13.4. The molecule has 1 aromatic carbocycles. The Kier molecular flexibility index (Phi) is 4.76. The van der Waals surface area contributed by atoms with Gasteiger partial charge in [0.25, 0.3) is 5.91 Å². The first-order valence-electron chi connectivity index (χ1n) is 6.56. The van der Waals surface area contributed by atoms with Crippen molar-refractivity contribution in [2.75, 3.05) is 5.43 Å².